The number of aryl methyl sites for hydroxylation is 1. The van der Waals surface area contributed by atoms with Gasteiger partial charge in [0.15, 0.2) is 0 Å². The quantitative estimate of drug-likeness (QED) is 0.325. The second-order valence-electron chi connectivity index (χ2n) is 11.0. The number of thiophene rings is 1. The monoisotopic (exact) mass is 559 g/mol. The molecule has 0 aliphatic carbocycles. The molecule has 0 saturated carbocycles. The fourth-order valence-corrected chi connectivity index (χ4v) is 6.04. The number of fused-ring (bicyclic) bond motifs is 1. The molecule has 0 unspecified atom stereocenters. The fourth-order valence-electron chi connectivity index (χ4n) is 4.90. The van der Waals surface area contributed by atoms with E-state index in [0.717, 1.165) is 34.2 Å². The molecule has 2 amide bonds. The summed E-state index contributed by atoms with van der Waals surface area (Å²) < 4.78 is 21.8. The third kappa shape index (κ3) is 5.84. The maximum absolute atomic E-state index is 14.6. The maximum atomic E-state index is 14.6. The molecule has 40 heavy (non-hydrogen) atoms. The Hall–Kier alpha value is -4.23. The summed E-state index contributed by atoms with van der Waals surface area (Å²) in [5.41, 5.74) is 2.37. The summed E-state index contributed by atoms with van der Waals surface area (Å²) in [5.74, 6) is -0.760. The van der Waals surface area contributed by atoms with Crippen LogP contribution in [0.4, 0.5) is 9.18 Å². The normalized spacial score (nSPS) is 15.6. The molecule has 0 spiro atoms. The fraction of sp³-hybridized carbons (Fsp3) is 0.333. The summed E-state index contributed by atoms with van der Waals surface area (Å²) in [5, 5.41) is 17.5. The predicted octanol–water partition coefficient (Wildman–Crippen LogP) is 6.11. The summed E-state index contributed by atoms with van der Waals surface area (Å²) in [6.07, 6.45) is 2.92. The van der Waals surface area contributed by atoms with Crippen LogP contribution in [0.5, 0.6) is 0 Å². The molecule has 2 aromatic carbocycles. The number of nitrogens with one attached hydrogen (secondary N) is 1. The standard InChI is InChI=1S/C30H30FN5O3S/c1-30(2,3)39-29(38)33-22-6-5-11-36(17-22)28(37)26-14-23(18-7-8-20(15-32)24(31)13-18)27(40-26)19-9-10-25-21(12-19)16-35(4)34-25/h7-10,12-14,16,22H,5-6,11,17H2,1-4H3,(H,33,38)/t22-/m1/s1. The van der Waals surface area contributed by atoms with E-state index < -0.39 is 17.5 Å². The van der Waals surface area contributed by atoms with Crippen LogP contribution in [0.1, 0.15) is 48.8 Å². The van der Waals surface area contributed by atoms with Gasteiger partial charge in [-0.3, -0.25) is 9.48 Å². The van der Waals surface area contributed by atoms with Gasteiger partial charge in [0.25, 0.3) is 5.91 Å². The molecule has 4 aromatic rings. The minimum absolute atomic E-state index is 0.0366. The van der Waals surface area contributed by atoms with Crippen molar-refractivity contribution in [2.45, 2.75) is 45.3 Å². The van der Waals surface area contributed by atoms with Crippen molar-refractivity contribution in [2.24, 2.45) is 7.05 Å². The summed E-state index contributed by atoms with van der Waals surface area (Å²) >= 11 is 1.35. The van der Waals surface area contributed by atoms with Crippen LogP contribution in [0.3, 0.4) is 0 Å². The van der Waals surface area contributed by atoms with Crippen LogP contribution >= 0.6 is 11.3 Å². The largest absolute Gasteiger partial charge is 0.444 e. The lowest BCUT2D eigenvalue weighted by Gasteiger charge is -2.33. The molecule has 206 valence electrons. The van der Waals surface area contributed by atoms with E-state index in [1.807, 2.05) is 37.5 Å². The molecule has 10 heteroatoms. The number of halogens is 1. The van der Waals surface area contributed by atoms with Gasteiger partial charge in [0.1, 0.15) is 17.5 Å². The zero-order chi connectivity index (χ0) is 28.6. The molecule has 2 aromatic heterocycles. The molecule has 0 radical (unpaired) electrons. The van der Waals surface area contributed by atoms with Crippen LogP contribution in [0.2, 0.25) is 0 Å². The molecule has 1 atom stereocenters. The number of aromatic nitrogens is 2. The van der Waals surface area contributed by atoms with Crippen LogP contribution in [0, 0.1) is 17.1 Å². The summed E-state index contributed by atoms with van der Waals surface area (Å²) in [4.78, 5) is 29.1. The lowest BCUT2D eigenvalue weighted by Crippen LogP contribution is -2.50. The Balaban J connectivity index is 1.47. The van der Waals surface area contributed by atoms with Crippen molar-refractivity contribution in [3.8, 4) is 27.6 Å². The van der Waals surface area contributed by atoms with E-state index in [1.54, 1.807) is 42.5 Å². The van der Waals surface area contributed by atoms with Gasteiger partial charge in [-0.15, -0.1) is 11.3 Å². The van der Waals surface area contributed by atoms with E-state index in [9.17, 15) is 19.2 Å². The summed E-state index contributed by atoms with van der Waals surface area (Å²) in [7, 11) is 1.86. The minimum atomic E-state index is -0.611. The first-order valence-corrected chi connectivity index (χ1v) is 13.9. The molecule has 5 rings (SSSR count). The van der Waals surface area contributed by atoms with Crippen molar-refractivity contribution in [2.75, 3.05) is 13.1 Å². The first kappa shape index (κ1) is 27.3. The maximum Gasteiger partial charge on any atom is 0.407 e. The number of alkyl carbamates (subject to hydrolysis) is 1. The van der Waals surface area contributed by atoms with Gasteiger partial charge in [-0.25, -0.2) is 9.18 Å². The number of amides is 2. The highest BCUT2D eigenvalue weighted by Crippen LogP contribution is 2.41. The molecule has 1 saturated heterocycles. The number of carbonyl (C=O) groups is 2. The third-order valence-corrected chi connectivity index (χ3v) is 7.83. The van der Waals surface area contributed by atoms with Crippen LogP contribution < -0.4 is 5.32 Å². The minimum Gasteiger partial charge on any atom is -0.444 e. The van der Waals surface area contributed by atoms with Crippen molar-refractivity contribution in [1.29, 1.82) is 5.26 Å². The summed E-state index contributed by atoms with van der Waals surface area (Å²) in [6, 6.07) is 13.8. The van der Waals surface area contributed by atoms with Gasteiger partial charge < -0.3 is 15.0 Å². The molecule has 0 bridgehead atoms. The molecule has 1 N–H and O–H groups in total. The Labute approximate surface area is 236 Å². The molecule has 1 aliphatic rings. The Morgan fingerprint density at radius 1 is 1.18 bits per heavy atom. The lowest BCUT2D eigenvalue weighted by molar-refractivity contribution is 0.0453. The Morgan fingerprint density at radius 2 is 1.95 bits per heavy atom. The van der Waals surface area contributed by atoms with Crippen LogP contribution in [-0.4, -0.2) is 51.4 Å². The SMILES string of the molecule is Cn1cc2cc(-c3sc(C(=O)N4CCC[C@@H](NC(=O)OC(C)(C)C)C4)cc3-c3ccc(C#N)c(F)c3)ccc2n1. The van der Waals surface area contributed by atoms with Crippen molar-refractivity contribution >= 4 is 34.2 Å². The molecular weight excluding hydrogens is 529 g/mol. The zero-order valence-electron chi connectivity index (χ0n) is 22.8. The van der Waals surface area contributed by atoms with Crippen molar-refractivity contribution in [3.05, 3.63) is 64.9 Å². The number of carbonyl (C=O) groups excluding carboxylic acids is 2. The van der Waals surface area contributed by atoms with E-state index in [2.05, 4.69) is 10.4 Å². The van der Waals surface area contributed by atoms with Gasteiger partial charge in [0, 0.05) is 48.2 Å². The van der Waals surface area contributed by atoms with Gasteiger partial charge in [-0.05, 0) is 75.1 Å². The Bertz CT molecular complexity index is 1650. The van der Waals surface area contributed by atoms with E-state index >= 15 is 0 Å². The number of hydrogen-bond acceptors (Lipinski definition) is 6. The Morgan fingerprint density at radius 3 is 2.67 bits per heavy atom. The topological polar surface area (TPSA) is 100 Å². The lowest BCUT2D eigenvalue weighted by atomic mass is 10.00. The van der Waals surface area contributed by atoms with E-state index in [1.165, 1.54) is 23.5 Å². The Kier molecular flexibility index (Phi) is 7.34. The number of likely N-dealkylation sites (tertiary alicyclic amines) is 1. The van der Waals surface area contributed by atoms with Crippen LogP contribution in [-0.2, 0) is 11.8 Å². The predicted molar refractivity (Wildman–Crippen MR) is 152 cm³/mol. The van der Waals surface area contributed by atoms with Gasteiger partial charge in [-0.1, -0.05) is 12.1 Å². The number of nitriles is 1. The average molecular weight is 560 g/mol. The number of nitrogens with zero attached hydrogens (tertiary/aromatic N) is 4. The first-order valence-electron chi connectivity index (χ1n) is 13.1. The average Bonchev–Trinajstić information content (AvgIpc) is 3.50. The number of piperidine rings is 1. The van der Waals surface area contributed by atoms with Crippen LogP contribution in [0.25, 0.3) is 32.5 Å². The number of ether oxygens (including phenoxy) is 1. The van der Waals surface area contributed by atoms with E-state index in [4.69, 9.17) is 4.74 Å². The number of hydrogen-bond donors (Lipinski definition) is 1. The molecule has 8 nitrogen and oxygen atoms in total. The highest BCUT2D eigenvalue weighted by Gasteiger charge is 2.29. The number of benzene rings is 2. The van der Waals surface area contributed by atoms with Crippen molar-refractivity contribution in [3.63, 3.8) is 0 Å². The van der Waals surface area contributed by atoms with Crippen molar-refractivity contribution < 1.29 is 18.7 Å². The van der Waals surface area contributed by atoms with Gasteiger partial charge >= 0.3 is 6.09 Å². The number of rotatable bonds is 4. The molecule has 1 fully saturated rings. The van der Waals surface area contributed by atoms with Crippen molar-refractivity contribution in [1.82, 2.24) is 20.0 Å². The molecule has 1 aliphatic heterocycles. The smallest absolute Gasteiger partial charge is 0.407 e. The van der Waals surface area contributed by atoms with E-state index in [-0.39, 0.29) is 17.5 Å². The molecule has 3 heterocycles. The third-order valence-electron chi connectivity index (χ3n) is 6.65. The van der Waals surface area contributed by atoms with Crippen LogP contribution in [0.15, 0.2) is 48.7 Å². The van der Waals surface area contributed by atoms with Gasteiger partial charge in [0.05, 0.1) is 16.0 Å². The van der Waals surface area contributed by atoms with E-state index in [0.29, 0.717) is 29.1 Å². The second kappa shape index (κ2) is 10.7. The zero-order valence-corrected chi connectivity index (χ0v) is 23.6. The van der Waals surface area contributed by atoms with Gasteiger partial charge in [0.2, 0.25) is 0 Å². The summed E-state index contributed by atoms with van der Waals surface area (Å²) in [6.45, 7) is 6.36. The second-order valence-corrected chi connectivity index (χ2v) is 12.0. The molecular formula is C30H30FN5O3S. The highest BCUT2D eigenvalue weighted by molar-refractivity contribution is 7.18. The first-order chi connectivity index (χ1) is 19.0. The highest BCUT2D eigenvalue weighted by atomic mass is 32.1. The van der Waals surface area contributed by atoms with Gasteiger partial charge in [-0.2, -0.15) is 10.4 Å².